The molecule has 38 heavy (non-hydrogen) atoms. The van der Waals surface area contributed by atoms with E-state index in [2.05, 4.69) is 27.9 Å². The molecule has 5 rings (SSSR count). The fourth-order valence-electron chi connectivity index (χ4n) is 5.72. The van der Waals surface area contributed by atoms with Crippen LogP contribution in [0.2, 0.25) is 0 Å². The molecule has 1 aromatic carbocycles. The maximum Gasteiger partial charge on any atom is 0.250 e. The van der Waals surface area contributed by atoms with Gasteiger partial charge in [0.15, 0.2) is 0 Å². The van der Waals surface area contributed by atoms with E-state index in [0.29, 0.717) is 57.8 Å². The first-order valence-electron chi connectivity index (χ1n) is 13.0. The Morgan fingerprint density at radius 2 is 1.92 bits per heavy atom. The van der Waals surface area contributed by atoms with Crippen molar-refractivity contribution in [3.8, 4) is 11.3 Å². The topological polar surface area (TPSA) is 106 Å². The highest BCUT2D eigenvalue weighted by atomic mass is 19.1. The van der Waals surface area contributed by atoms with Crippen molar-refractivity contribution < 1.29 is 14.0 Å². The second kappa shape index (κ2) is 10.0. The van der Waals surface area contributed by atoms with E-state index in [0.717, 1.165) is 43.5 Å². The monoisotopic (exact) mass is 516 g/mol. The normalized spacial score (nSPS) is 17.5. The van der Waals surface area contributed by atoms with Gasteiger partial charge in [0.25, 0.3) is 5.91 Å². The predicted molar refractivity (Wildman–Crippen MR) is 148 cm³/mol. The molecule has 0 saturated carbocycles. The van der Waals surface area contributed by atoms with E-state index in [1.165, 1.54) is 12.4 Å². The van der Waals surface area contributed by atoms with Crippen LogP contribution in [0, 0.1) is 18.7 Å². The number of carbonyl (C=O) groups excluding carboxylic acids is 2. The molecule has 0 bridgehead atoms. The lowest BCUT2D eigenvalue weighted by Gasteiger charge is -2.26. The highest BCUT2D eigenvalue weighted by molar-refractivity contribution is 6.05. The Morgan fingerprint density at radius 3 is 2.55 bits per heavy atom. The molecule has 0 radical (unpaired) electrons. The second-order valence-corrected chi connectivity index (χ2v) is 10.4. The lowest BCUT2D eigenvalue weighted by molar-refractivity contribution is -0.134. The summed E-state index contributed by atoms with van der Waals surface area (Å²) in [5, 5.41) is 3.37. The zero-order valence-corrected chi connectivity index (χ0v) is 22.1. The van der Waals surface area contributed by atoms with Gasteiger partial charge in [-0.25, -0.2) is 14.4 Å². The van der Waals surface area contributed by atoms with Crippen molar-refractivity contribution in [3.05, 3.63) is 53.6 Å². The van der Waals surface area contributed by atoms with Crippen LogP contribution in [-0.4, -0.2) is 44.3 Å². The largest absolute Gasteiger partial charge is 0.383 e. The Bertz CT molecular complexity index is 1480. The molecule has 2 amide bonds. The highest BCUT2D eigenvalue weighted by Gasteiger charge is 2.31. The quantitative estimate of drug-likeness (QED) is 0.465. The molecule has 3 heterocycles. The third-order valence-electron chi connectivity index (χ3n) is 7.67. The molecule has 3 aromatic rings. The number of rotatable bonds is 5. The summed E-state index contributed by atoms with van der Waals surface area (Å²) in [5.74, 6) is -0.326. The van der Waals surface area contributed by atoms with E-state index < -0.39 is 5.82 Å². The smallest absolute Gasteiger partial charge is 0.250 e. The molecule has 1 aliphatic heterocycles. The highest BCUT2D eigenvalue weighted by Crippen LogP contribution is 2.44. The number of benzene rings is 1. The van der Waals surface area contributed by atoms with Gasteiger partial charge in [-0.1, -0.05) is 12.7 Å². The fraction of sp³-hybridized carbons (Fsp3) is 0.379. The van der Waals surface area contributed by atoms with E-state index in [-0.39, 0.29) is 17.7 Å². The summed E-state index contributed by atoms with van der Waals surface area (Å²) in [6.45, 7) is 8.74. The van der Waals surface area contributed by atoms with Crippen LogP contribution in [0.5, 0.6) is 0 Å². The number of fused-ring (bicyclic) bond motifs is 1. The molecule has 2 aromatic heterocycles. The molecular formula is C29H33FN6O2. The summed E-state index contributed by atoms with van der Waals surface area (Å²) in [6.07, 6.45) is 7.65. The number of nitrogens with two attached hydrogens (primary N) is 1. The van der Waals surface area contributed by atoms with Gasteiger partial charge in [-0.05, 0) is 69.2 Å². The van der Waals surface area contributed by atoms with Gasteiger partial charge < -0.3 is 20.5 Å². The van der Waals surface area contributed by atoms with Crippen LogP contribution < -0.4 is 11.1 Å². The molecule has 1 fully saturated rings. The zero-order chi connectivity index (χ0) is 27.1. The number of halogens is 1. The Balaban J connectivity index is 1.60. The number of nitrogens with one attached hydrogen (secondary N) is 1. The van der Waals surface area contributed by atoms with E-state index in [1.54, 1.807) is 13.0 Å². The van der Waals surface area contributed by atoms with E-state index in [9.17, 15) is 9.59 Å². The minimum Gasteiger partial charge on any atom is -0.383 e. The first-order chi connectivity index (χ1) is 18.2. The molecular weight excluding hydrogens is 483 g/mol. The van der Waals surface area contributed by atoms with Crippen molar-refractivity contribution in [3.63, 3.8) is 0 Å². The average molecular weight is 517 g/mol. The maximum atomic E-state index is 15.8. The molecule has 9 heteroatoms. The second-order valence-electron chi connectivity index (χ2n) is 10.4. The zero-order valence-electron chi connectivity index (χ0n) is 22.1. The van der Waals surface area contributed by atoms with Gasteiger partial charge in [0.2, 0.25) is 5.91 Å². The average Bonchev–Trinajstić information content (AvgIpc) is 3.52. The predicted octanol–water partition coefficient (Wildman–Crippen LogP) is 4.99. The van der Waals surface area contributed by atoms with Crippen molar-refractivity contribution in [2.24, 2.45) is 13.0 Å². The number of allylic oxidation sites excluding steroid dienone is 2. The van der Waals surface area contributed by atoms with Gasteiger partial charge in [-0.15, -0.1) is 0 Å². The first kappa shape index (κ1) is 25.6. The molecule has 1 saturated heterocycles. The third kappa shape index (κ3) is 4.46. The van der Waals surface area contributed by atoms with Gasteiger partial charge in [0.05, 0.1) is 11.1 Å². The number of anilines is 2. The lowest BCUT2D eigenvalue weighted by atomic mass is 9.84. The summed E-state index contributed by atoms with van der Waals surface area (Å²) >= 11 is 0. The molecule has 3 N–H and O–H groups in total. The minimum atomic E-state index is -0.473. The number of aryl methyl sites for hydroxylation is 2. The summed E-state index contributed by atoms with van der Waals surface area (Å²) in [6, 6.07) is 3.06. The van der Waals surface area contributed by atoms with Crippen LogP contribution in [-0.2, 0) is 16.6 Å². The molecule has 1 atom stereocenters. The number of hydrogen-bond donors (Lipinski definition) is 2. The van der Waals surface area contributed by atoms with Gasteiger partial charge >= 0.3 is 0 Å². The molecule has 198 valence electrons. The summed E-state index contributed by atoms with van der Waals surface area (Å²) in [5.41, 5.74) is 11.2. The van der Waals surface area contributed by atoms with E-state index in [1.807, 2.05) is 23.4 Å². The molecule has 2 aliphatic rings. The third-order valence-corrected chi connectivity index (χ3v) is 7.67. The summed E-state index contributed by atoms with van der Waals surface area (Å²) in [7, 11) is 1.84. The Hall–Kier alpha value is -4.01. The Labute approximate surface area is 221 Å². The van der Waals surface area contributed by atoms with E-state index >= 15 is 4.39 Å². The molecule has 1 aliphatic carbocycles. The summed E-state index contributed by atoms with van der Waals surface area (Å²) in [4.78, 5) is 35.8. The fourth-order valence-corrected chi connectivity index (χ4v) is 5.72. The number of likely N-dealkylation sites (tertiary alicyclic amines) is 1. The van der Waals surface area contributed by atoms with Crippen LogP contribution >= 0.6 is 0 Å². The van der Waals surface area contributed by atoms with E-state index in [4.69, 9.17) is 5.73 Å². The number of nitrogen functional groups attached to an aromatic ring is 1. The van der Waals surface area contributed by atoms with Gasteiger partial charge in [0.1, 0.15) is 23.6 Å². The summed E-state index contributed by atoms with van der Waals surface area (Å²) < 4.78 is 17.7. The van der Waals surface area contributed by atoms with Crippen LogP contribution in [0.4, 0.5) is 15.9 Å². The van der Waals surface area contributed by atoms with Gasteiger partial charge in [-0.3, -0.25) is 9.59 Å². The standard InChI is InChI=1S/C29H33FN6O2/c1-16(2)28(37)34-20-13-17(3)22(21(30)14-20)25-23(24-26(31)32-15-33-27(24)35(25)4)18-7-9-19(10-8-18)29(38)36-11-5-6-12-36/h7,13-15,19H,1,5-6,8-12H2,2-4H3,(H,34,37)(H2,31,32,33)/t19-/m1/s1. The SMILES string of the molecule is C=C(C)C(=O)Nc1cc(C)c(-c2c(C3=CC[C@@H](C(=O)N4CCCC4)CC3)c3c(N)ncnc3n2C)c(F)c1. The Morgan fingerprint density at radius 1 is 1.18 bits per heavy atom. The Kier molecular flexibility index (Phi) is 6.77. The van der Waals surface area contributed by atoms with Crippen molar-refractivity contribution in [2.45, 2.75) is 46.0 Å². The van der Waals surface area contributed by atoms with Gasteiger partial charge in [0, 0.05) is 48.4 Å². The number of hydrogen-bond acceptors (Lipinski definition) is 5. The van der Waals surface area contributed by atoms with Crippen molar-refractivity contribution in [1.29, 1.82) is 0 Å². The molecule has 0 unspecified atom stereocenters. The van der Waals surface area contributed by atoms with Crippen molar-refractivity contribution >= 4 is 39.9 Å². The van der Waals surface area contributed by atoms with Gasteiger partial charge in [-0.2, -0.15) is 0 Å². The van der Waals surface area contributed by atoms with Crippen molar-refractivity contribution in [1.82, 2.24) is 19.4 Å². The number of amides is 2. The van der Waals surface area contributed by atoms with Crippen LogP contribution in [0.3, 0.4) is 0 Å². The van der Waals surface area contributed by atoms with Crippen LogP contribution in [0.15, 0.2) is 36.7 Å². The number of nitrogens with zero attached hydrogens (tertiary/aromatic N) is 4. The van der Waals surface area contributed by atoms with Crippen LogP contribution in [0.25, 0.3) is 27.9 Å². The molecule has 0 spiro atoms. The number of aromatic nitrogens is 3. The van der Waals surface area contributed by atoms with Crippen LogP contribution in [0.1, 0.15) is 50.2 Å². The molecule has 8 nitrogen and oxygen atoms in total. The lowest BCUT2D eigenvalue weighted by Crippen LogP contribution is -2.34. The maximum absolute atomic E-state index is 15.8. The first-order valence-corrected chi connectivity index (χ1v) is 13.0. The number of carbonyl (C=O) groups is 2. The van der Waals surface area contributed by atoms with Crippen molar-refractivity contribution in [2.75, 3.05) is 24.1 Å². The minimum absolute atomic E-state index is 0.0430.